The summed E-state index contributed by atoms with van der Waals surface area (Å²) in [6, 6.07) is 12.1. The first-order valence-corrected chi connectivity index (χ1v) is 8.64. The number of amides is 1. The van der Waals surface area contributed by atoms with E-state index in [1.807, 2.05) is 32.9 Å². The number of benzene rings is 2. The third-order valence-electron chi connectivity index (χ3n) is 3.26. The van der Waals surface area contributed by atoms with Crippen LogP contribution in [0.25, 0.3) is 0 Å². The number of aryl methyl sites for hydroxylation is 1. The highest BCUT2D eigenvalue weighted by Crippen LogP contribution is 2.20. The summed E-state index contributed by atoms with van der Waals surface area (Å²) < 4.78 is 11.5. The van der Waals surface area contributed by atoms with Crippen molar-refractivity contribution in [2.24, 2.45) is 0 Å². The van der Waals surface area contributed by atoms with Crippen molar-refractivity contribution in [3.8, 4) is 5.75 Å². The summed E-state index contributed by atoms with van der Waals surface area (Å²) in [6.07, 6.45) is 0.0589. The van der Waals surface area contributed by atoms with Crippen LogP contribution in [0, 0.1) is 6.92 Å². The van der Waals surface area contributed by atoms with Gasteiger partial charge in [0.25, 0.3) is 5.91 Å². The molecule has 0 heterocycles. The van der Waals surface area contributed by atoms with Crippen LogP contribution in [-0.4, -0.2) is 24.6 Å². The van der Waals surface area contributed by atoms with Crippen molar-refractivity contribution in [3.63, 3.8) is 0 Å². The smallest absolute Gasteiger partial charge is 0.338 e. The first-order valence-electron chi connectivity index (χ1n) is 7.85. The fourth-order valence-electron chi connectivity index (χ4n) is 2.11. The van der Waals surface area contributed by atoms with Gasteiger partial charge in [-0.25, -0.2) is 4.79 Å². The van der Waals surface area contributed by atoms with E-state index in [1.165, 1.54) is 0 Å². The third-order valence-corrected chi connectivity index (χ3v) is 3.75. The van der Waals surface area contributed by atoms with Gasteiger partial charge in [0, 0.05) is 10.2 Å². The average Bonchev–Trinajstić information content (AvgIpc) is 2.55. The van der Waals surface area contributed by atoms with E-state index >= 15 is 0 Å². The zero-order valence-corrected chi connectivity index (χ0v) is 15.9. The summed E-state index contributed by atoms with van der Waals surface area (Å²) in [5, 5.41) is 2.72. The molecule has 6 heteroatoms. The molecule has 0 aliphatic rings. The minimum Gasteiger partial charge on any atom is -0.491 e. The Labute approximate surface area is 155 Å². The number of hydrogen-bond acceptors (Lipinski definition) is 4. The number of carbonyl (C=O) groups excluding carboxylic acids is 2. The monoisotopic (exact) mass is 405 g/mol. The highest BCUT2D eigenvalue weighted by molar-refractivity contribution is 9.10. The Morgan fingerprint density at radius 3 is 2.40 bits per heavy atom. The van der Waals surface area contributed by atoms with Gasteiger partial charge >= 0.3 is 5.97 Å². The van der Waals surface area contributed by atoms with Crippen molar-refractivity contribution in [1.29, 1.82) is 0 Å². The van der Waals surface area contributed by atoms with Gasteiger partial charge in [0.2, 0.25) is 0 Å². The minimum atomic E-state index is -0.557. The Bertz CT molecular complexity index is 757. The molecule has 0 aliphatic carbocycles. The molecule has 132 valence electrons. The van der Waals surface area contributed by atoms with E-state index in [-0.39, 0.29) is 12.7 Å². The predicted octanol–water partition coefficient (Wildman–Crippen LogP) is 4.34. The van der Waals surface area contributed by atoms with Crippen molar-refractivity contribution in [2.45, 2.75) is 26.9 Å². The lowest BCUT2D eigenvalue weighted by molar-refractivity contribution is -0.119. The molecule has 0 spiro atoms. The number of hydrogen-bond donors (Lipinski definition) is 1. The maximum Gasteiger partial charge on any atom is 0.338 e. The van der Waals surface area contributed by atoms with Gasteiger partial charge in [0.05, 0.1) is 11.7 Å². The Morgan fingerprint density at radius 1 is 1.12 bits per heavy atom. The van der Waals surface area contributed by atoms with Crippen LogP contribution in [0.4, 0.5) is 5.69 Å². The van der Waals surface area contributed by atoms with E-state index in [0.717, 1.165) is 10.0 Å². The first-order chi connectivity index (χ1) is 11.8. The molecule has 0 atom stereocenters. The summed E-state index contributed by atoms with van der Waals surface area (Å²) >= 11 is 3.37. The summed E-state index contributed by atoms with van der Waals surface area (Å²) in [5.74, 6) is -0.271. The second kappa shape index (κ2) is 8.67. The molecule has 0 fully saturated rings. The van der Waals surface area contributed by atoms with Gasteiger partial charge in [0.15, 0.2) is 6.61 Å². The van der Waals surface area contributed by atoms with Gasteiger partial charge in [0.1, 0.15) is 5.75 Å². The lowest BCUT2D eigenvalue weighted by Gasteiger charge is -2.11. The van der Waals surface area contributed by atoms with Gasteiger partial charge in [-0.05, 0) is 68.8 Å². The lowest BCUT2D eigenvalue weighted by atomic mass is 10.2. The molecule has 0 aromatic heterocycles. The van der Waals surface area contributed by atoms with Crippen molar-refractivity contribution < 1.29 is 19.1 Å². The Morgan fingerprint density at radius 2 is 1.80 bits per heavy atom. The normalized spacial score (nSPS) is 10.4. The standard InChI is InChI=1S/C19H20BrNO4/c1-12(2)25-16-7-4-14(5-8-16)19(23)24-11-18(22)21-17-9-6-15(20)10-13(17)3/h4-10,12H,11H2,1-3H3,(H,21,22). The molecule has 0 saturated heterocycles. The van der Waals surface area contributed by atoms with E-state index < -0.39 is 11.9 Å². The third kappa shape index (κ3) is 5.90. The largest absolute Gasteiger partial charge is 0.491 e. The van der Waals surface area contributed by atoms with Gasteiger partial charge in [-0.15, -0.1) is 0 Å². The summed E-state index contributed by atoms with van der Waals surface area (Å²) in [6.45, 7) is 5.38. The lowest BCUT2D eigenvalue weighted by Crippen LogP contribution is -2.21. The number of nitrogens with one attached hydrogen (secondary N) is 1. The van der Waals surface area contributed by atoms with Gasteiger partial charge in [-0.2, -0.15) is 0 Å². The number of esters is 1. The molecule has 25 heavy (non-hydrogen) atoms. The van der Waals surface area contributed by atoms with E-state index in [2.05, 4.69) is 21.2 Å². The molecule has 1 N–H and O–H groups in total. The van der Waals surface area contributed by atoms with Crippen LogP contribution in [0.3, 0.4) is 0 Å². The Balaban J connectivity index is 1.87. The highest BCUT2D eigenvalue weighted by Gasteiger charge is 2.11. The summed E-state index contributed by atoms with van der Waals surface area (Å²) in [4.78, 5) is 23.9. The molecule has 0 radical (unpaired) electrons. The average molecular weight is 406 g/mol. The zero-order valence-electron chi connectivity index (χ0n) is 14.3. The maximum absolute atomic E-state index is 12.0. The van der Waals surface area contributed by atoms with Crippen LogP contribution in [0.5, 0.6) is 5.75 Å². The van der Waals surface area contributed by atoms with Crippen LogP contribution in [0.15, 0.2) is 46.9 Å². The van der Waals surface area contributed by atoms with Crippen LogP contribution >= 0.6 is 15.9 Å². The molecule has 2 rings (SSSR count). The Kier molecular flexibility index (Phi) is 6.58. The van der Waals surface area contributed by atoms with Gasteiger partial charge in [-0.1, -0.05) is 15.9 Å². The molecule has 0 bridgehead atoms. The molecule has 2 aromatic rings. The van der Waals surface area contributed by atoms with Crippen LogP contribution in [-0.2, 0) is 9.53 Å². The Hall–Kier alpha value is -2.34. The highest BCUT2D eigenvalue weighted by atomic mass is 79.9. The second-order valence-corrected chi connectivity index (χ2v) is 6.69. The zero-order chi connectivity index (χ0) is 18.4. The number of halogens is 1. The van der Waals surface area contributed by atoms with Crippen LogP contribution < -0.4 is 10.1 Å². The molecular formula is C19H20BrNO4. The van der Waals surface area contributed by atoms with Crippen molar-refractivity contribution >= 4 is 33.5 Å². The number of rotatable bonds is 6. The molecule has 0 aliphatic heterocycles. The second-order valence-electron chi connectivity index (χ2n) is 5.77. The summed E-state index contributed by atoms with van der Waals surface area (Å²) in [7, 11) is 0. The number of anilines is 1. The van der Waals surface area contributed by atoms with Gasteiger partial charge < -0.3 is 14.8 Å². The van der Waals surface area contributed by atoms with Gasteiger partial charge in [-0.3, -0.25) is 4.79 Å². The number of carbonyl (C=O) groups is 2. The van der Waals surface area contributed by atoms with E-state index in [0.29, 0.717) is 17.0 Å². The van der Waals surface area contributed by atoms with E-state index in [4.69, 9.17) is 9.47 Å². The quantitative estimate of drug-likeness (QED) is 0.725. The first kappa shape index (κ1) is 19.0. The minimum absolute atomic E-state index is 0.0589. The fraction of sp³-hybridized carbons (Fsp3) is 0.263. The SMILES string of the molecule is Cc1cc(Br)ccc1NC(=O)COC(=O)c1ccc(OC(C)C)cc1. The molecule has 0 unspecified atom stereocenters. The van der Waals surface area contributed by atoms with Crippen molar-refractivity contribution in [3.05, 3.63) is 58.1 Å². The van der Waals surface area contributed by atoms with Crippen LogP contribution in [0.1, 0.15) is 29.8 Å². The van der Waals surface area contributed by atoms with E-state index in [9.17, 15) is 9.59 Å². The molecule has 2 aromatic carbocycles. The fourth-order valence-corrected chi connectivity index (χ4v) is 2.59. The molecule has 1 amide bonds. The molecular weight excluding hydrogens is 386 g/mol. The van der Waals surface area contributed by atoms with E-state index in [1.54, 1.807) is 30.3 Å². The van der Waals surface area contributed by atoms with Crippen molar-refractivity contribution in [1.82, 2.24) is 0 Å². The van der Waals surface area contributed by atoms with Crippen LogP contribution in [0.2, 0.25) is 0 Å². The topological polar surface area (TPSA) is 64.6 Å². The maximum atomic E-state index is 12.0. The predicted molar refractivity (Wildman–Crippen MR) is 100.0 cm³/mol. The molecule has 0 saturated carbocycles. The molecule has 5 nitrogen and oxygen atoms in total. The van der Waals surface area contributed by atoms with Crippen molar-refractivity contribution in [2.75, 3.05) is 11.9 Å². The number of ether oxygens (including phenoxy) is 2. The summed E-state index contributed by atoms with van der Waals surface area (Å²) in [5.41, 5.74) is 1.96.